The van der Waals surface area contributed by atoms with E-state index in [2.05, 4.69) is 12.2 Å². The van der Waals surface area contributed by atoms with E-state index in [1.807, 2.05) is 12.1 Å². The van der Waals surface area contributed by atoms with E-state index >= 15 is 0 Å². The zero-order valence-corrected chi connectivity index (χ0v) is 14.7. The Kier molecular flexibility index (Phi) is 4.97. The van der Waals surface area contributed by atoms with Crippen LogP contribution in [0.4, 0.5) is 14.9 Å². The van der Waals surface area contributed by atoms with Crippen molar-refractivity contribution in [3.8, 4) is 11.1 Å². The van der Waals surface area contributed by atoms with Gasteiger partial charge in [-0.1, -0.05) is 42.8 Å². The average Bonchev–Trinajstić information content (AvgIpc) is 3.02. The van der Waals surface area contributed by atoms with Crippen molar-refractivity contribution in [3.05, 3.63) is 53.3 Å². The van der Waals surface area contributed by atoms with Crippen LogP contribution in [0.5, 0.6) is 0 Å². The topological polar surface area (TPSA) is 52.6 Å². The number of rotatable bonds is 4. The first-order valence-corrected chi connectivity index (χ1v) is 8.53. The lowest BCUT2D eigenvalue weighted by Crippen LogP contribution is -2.40. The van der Waals surface area contributed by atoms with Crippen LogP contribution in [0.25, 0.3) is 11.1 Å². The summed E-state index contributed by atoms with van der Waals surface area (Å²) in [6.07, 6.45) is -0.0878. The molecule has 0 bridgehead atoms. The Bertz CT molecular complexity index is 791. The number of anilines is 1. The molecule has 1 fully saturated rings. The molecule has 3 rings (SSSR count). The Morgan fingerprint density at radius 3 is 2.76 bits per heavy atom. The molecule has 2 N–H and O–H groups in total. The molecule has 1 aliphatic heterocycles. The minimum atomic E-state index is -1.01. The van der Waals surface area contributed by atoms with Crippen LogP contribution in [0.1, 0.15) is 13.3 Å². The van der Waals surface area contributed by atoms with Gasteiger partial charge < -0.3 is 10.4 Å². The van der Waals surface area contributed by atoms with Crippen LogP contribution < -0.4 is 10.2 Å². The van der Waals surface area contributed by atoms with Gasteiger partial charge in [-0.2, -0.15) is 0 Å². The first-order valence-electron chi connectivity index (χ1n) is 8.15. The highest BCUT2D eigenvalue weighted by molar-refractivity contribution is 6.31. The maximum Gasteiger partial charge on any atom is 0.411 e. The monoisotopic (exact) mass is 362 g/mol. The van der Waals surface area contributed by atoms with Crippen molar-refractivity contribution in [1.82, 2.24) is 5.32 Å². The third kappa shape index (κ3) is 3.78. The minimum Gasteiger partial charge on any atom is -0.465 e. The molecule has 1 saturated heterocycles. The summed E-state index contributed by atoms with van der Waals surface area (Å²) < 4.78 is 13.5. The quantitative estimate of drug-likeness (QED) is 0.833. The second kappa shape index (κ2) is 7.02. The van der Waals surface area contributed by atoms with Crippen molar-refractivity contribution in [1.29, 1.82) is 0 Å². The van der Waals surface area contributed by atoms with Gasteiger partial charge in [0.05, 0.1) is 10.7 Å². The first-order chi connectivity index (χ1) is 11.9. The average molecular weight is 363 g/mol. The highest BCUT2D eigenvalue weighted by Gasteiger charge is 2.33. The van der Waals surface area contributed by atoms with E-state index in [9.17, 15) is 14.3 Å². The van der Waals surface area contributed by atoms with E-state index in [0.29, 0.717) is 23.4 Å². The number of hydrogen-bond donors (Lipinski definition) is 2. The van der Waals surface area contributed by atoms with E-state index in [4.69, 9.17) is 11.6 Å². The number of benzene rings is 2. The molecule has 1 heterocycles. The number of nitrogens with one attached hydrogen (secondary N) is 1. The van der Waals surface area contributed by atoms with Gasteiger partial charge in [0.15, 0.2) is 0 Å². The van der Waals surface area contributed by atoms with Crippen molar-refractivity contribution < 1.29 is 14.3 Å². The van der Waals surface area contributed by atoms with Gasteiger partial charge in [0, 0.05) is 18.7 Å². The van der Waals surface area contributed by atoms with Crippen molar-refractivity contribution >= 4 is 23.4 Å². The maximum absolute atomic E-state index is 13.5. The van der Waals surface area contributed by atoms with E-state index in [1.165, 1.54) is 17.0 Å². The molecule has 0 aromatic heterocycles. The molecule has 6 heteroatoms. The van der Waals surface area contributed by atoms with Crippen molar-refractivity contribution in [2.75, 3.05) is 24.5 Å². The van der Waals surface area contributed by atoms with Gasteiger partial charge in [0.2, 0.25) is 0 Å². The summed E-state index contributed by atoms with van der Waals surface area (Å²) >= 11 is 5.90. The lowest BCUT2D eigenvalue weighted by Gasteiger charge is -2.31. The fraction of sp³-hybridized carbons (Fsp3) is 0.316. The molecule has 132 valence electrons. The second-order valence-corrected chi connectivity index (χ2v) is 7.16. The zero-order chi connectivity index (χ0) is 18.0. The fourth-order valence-corrected chi connectivity index (χ4v) is 3.44. The van der Waals surface area contributed by atoms with Crippen molar-refractivity contribution in [2.24, 2.45) is 5.41 Å². The van der Waals surface area contributed by atoms with Crippen molar-refractivity contribution in [2.45, 2.75) is 13.3 Å². The van der Waals surface area contributed by atoms with Crippen LogP contribution in [0.15, 0.2) is 42.5 Å². The van der Waals surface area contributed by atoms with Crippen LogP contribution in [0.2, 0.25) is 5.02 Å². The fourth-order valence-electron chi connectivity index (χ4n) is 3.26. The van der Waals surface area contributed by atoms with Gasteiger partial charge in [-0.05, 0) is 42.1 Å². The number of para-hydroxylation sites is 1. The predicted octanol–water partition coefficient (Wildman–Crippen LogP) is 4.63. The smallest absolute Gasteiger partial charge is 0.411 e. The van der Waals surface area contributed by atoms with Gasteiger partial charge in [0.25, 0.3) is 0 Å². The van der Waals surface area contributed by atoms with E-state index in [-0.39, 0.29) is 10.4 Å². The Morgan fingerprint density at radius 1 is 1.36 bits per heavy atom. The van der Waals surface area contributed by atoms with E-state index < -0.39 is 11.9 Å². The number of halogens is 2. The minimum absolute atomic E-state index is 0.0149. The molecule has 25 heavy (non-hydrogen) atoms. The molecule has 2 aromatic carbocycles. The number of carboxylic acid groups (broad SMARTS) is 1. The van der Waals surface area contributed by atoms with Gasteiger partial charge >= 0.3 is 6.09 Å². The Hall–Kier alpha value is -2.11. The maximum atomic E-state index is 13.5. The molecule has 0 spiro atoms. The molecule has 0 unspecified atom stereocenters. The third-order valence-corrected chi connectivity index (χ3v) is 4.94. The summed E-state index contributed by atoms with van der Waals surface area (Å²) in [6, 6.07) is 11.6. The molecular formula is C19H20ClFN2O2. The summed E-state index contributed by atoms with van der Waals surface area (Å²) in [4.78, 5) is 13.3. The van der Waals surface area contributed by atoms with E-state index in [1.54, 1.807) is 18.2 Å². The lowest BCUT2D eigenvalue weighted by molar-refractivity contribution is 0.197. The highest BCUT2D eigenvalue weighted by atomic mass is 35.5. The number of amides is 1. The zero-order valence-electron chi connectivity index (χ0n) is 13.9. The standard InChI is InChI=1S/C19H20ClFN2O2/c1-19(8-9-22-11-19)12-23(18(24)25)17-5-3-2-4-14(17)13-6-7-16(21)15(20)10-13/h2-7,10,22H,8-9,11-12H2,1H3,(H,24,25)/t19-/m1/s1. The molecule has 4 nitrogen and oxygen atoms in total. The highest BCUT2D eigenvalue weighted by Crippen LogP contribution is 2.35. The predicted molar refractivity (Wildman–Crippen MR) is 97.8 cm³/mol. The van der Waals surface area contributed by atoms with Gasteiger partial charge in [-0.3, -0.25) is 4.90 Å². The number of hydrogen-bond acceptors (Lipinski definition) is 2. The van der Waals surface area contributed by atoms with Crippen LogP contribution in [-0.4, -0.2) is 30.8 Å². The molecular weight excluding hydrogens is 343 g/mol. The summed E-state index contributed by atoms with van der Waals surface area (Å²) in [7, 11) is 0. The Morgan fingerprint density at radius 2 is 2.12 bits per heavy atom. The summed E-state index contributed by atoms with van der Waals surface area (Å²) in [5.74, 6) is -0.498. The molecule has 0 radical (unpaired) electrons. The SMILES string of the molecule is C[C@@]1(CN(C(=O)O)c2ccccc2-c2ccc(F)c(Cl)c2)CCNC1. The summed E-state index contributed by atoms with van der Waals surface area (Å²) in [5.41, 5.74) is 1.85. The molecule has 2 aromatic rings. The van der Waals surface area contributed by atoms with E-state index in [0.717, 1.165) is 19.5 Å². The molecule has 0 aliphatic carbocycles. The summed E-state index contributed by atoms with van der Waals surface area (Å²) in [6.45, 7) is 4.14. The van der Waals surface area contributed by atoms with Crippen LogP contribution in [0, 0.1) is 11.2 Å². The normalized spacial score (nSPS) is 19.8. The van der Waals surface area contributed by atoms with Gasteiger partial charge in [0.1, 0.15) is 5.82 Å². The second-order valence-electron chi connectivity index (χ2n) is 6.75. The number of nitrogens with zero attached hydrogens (tertiary/aromatic N) is 1. The molecule has 1 amide bonds. The molecule has 1 atom stereocenters. The van der Waals surface area contributed by atoms with Crippen molar-refractivity contribution in [3.63, 3.8) is 0 Å². The third-order valence-electron chi connectivity index (χ3n) is 4.65. The van der Waals surface area contributed by atoms with Crippen LogP contribution in [0.3, 0.4) is 0 Å². The summed E-state index contributed by atoms with van der Waals surface area (Å²) in [5, 5.41) is 13.1. The largest absolute Gasteiger partial charge is 0.465 e. The van der Waals surface area contributed by atoms with Gasteiger partial charge in [-0.15, -0.1) is 0 Å². The Labute approximate surface area is 151 Å². The first kappa shape index (κ1) is 17.7. The van der Waals surface area contributed by atoms with Crippen LogP contribution in [-0.2, 0) is 0 Å². The lowest BCUT2D eigenvalue weighted by atomic mass is 9.88. The molecule has 1 aliphatic rings. The number of carbonyl (C=O) groups is 1. The van der Waals surface area contributed by atoms with Gasteiger partial charge in [-0.25, -0.2) is 9.18 Å². The van der Waals surface area contributed by atoms with Crippen LogP contribution >= 0.6 is 11.6 Å². The molecule has 0 saturated carbocycles. The Balaban J connectivity index is 2.02.